The van der Waals surface area contributed by atoms with Crippen LogP contribution in [0.4, 0.5) is 17.6 Å². The van der Waals surface area contributed by atoms with Gasteiger partial charge in [-0.15, -0.1) is 10.2 Å². The molecular weight excluding hydrogens is 306 g/mol. The fourth-order valence-corrected chi connectivity index (χ4v) is 2.68. The molecule has 0 radical (unpaired) electrons. The molecule has 3 nitrogen and oxygen atoms in total. The van der Waals surface area contributed by atoms with E-state index < -0.39 is 17.6 Å². The van der Waals surface area contributed by atoms with Crippen LogP contribution >= 0.6 is 11.3 Å². The first kappa shape index (κ1) is 14.4. The van der Waals surface area contributed by atoms with Crippen LogP contribution in [-0.2, 0) is 12.7 Å². The number of halogens is 4. The van der Waals surface area contributed by atoms with E-state index in [-0.39, 0.29) is 10.6 Å². The van der Waals surface area contributed by atoms with Gasteiger partial charge in [-0.1, -0.05) is 17.4 Å². The van der Waals surface area contributed by atoms with Crippen LogP contribution in [0.2, 0.25) is 0 Å². The number of rotatable bonds is 4. The van der Waals surface area contributed by atoms with Crippen LogP contribution in [0.5, 0.6) is 0 Å². The number of nitrogens with zero attached hydrogens (tertiary/aromatic N) is 2. The maximum absolute atomic E-state index is 14.0. The summed E-state index contributed by atoms with van der Waals surface area (Å²) in [6.45, 7) is 0.503. The van der Waals surface area contributed by atoms with Crippen LogP contribution in [-0.4, -0.2) is 16.2 Å². The van der Waals surface area contributed by atoms with Crippen molar-refractivity contribution in [2.45, 2.75) is 31.6 Å². The van der Waals surface area contributed by atoms with Crippen LogP contribution in [0.15, 0.2) is 18.2 Å². The quantitative estimate of drug-likeness (QED) is 0.875. The summed E-state index contributed by atoms with van der Waals surface area (Å²) < 4.78 is 52.0. The fraction of sp³-hybridized carbons (Fsp3) is 0.385. The lowest BCUT2D eigenvalue weighted by Crippen LogP contribution is -2.14. The van der Waals surface area contributed by atoms with E-state index in [1.165, 1.54) is 12.1 Å². The Morgan fingerprint density at radius 1 is 1.24 bits per heavy atom. The predicted octanol–water partition coefficient (Wildman–Crippen LogP) is 3.62. The molecule has 1 heterocycles. The van der Waals surface area contributed by atoms with E-state index in [9.17, 15) is 17.6 Å². The van der Waals surface area contributed by atoms with Crippen molar-refractivity contribution in [3.05, 3.63) is 34.6 Å². The third-order valence-electron chi connectivity index (χ3n) is 3.12. The number of benzene rings is 1. The minimum absolute atomic E-state index is 0.159. The summed E-state index contributed by atoms with van der Waals surface area (Å²) in [6, 6.07) is 3.66. The first-order chi connectivity index (χ1) is 9.95. The van der Waals surface area contributed by atoms with Crippen molar-refractivity contribution >= 4 is 11.3 Å². The maximum Gasteiger partial charge on any atom is 0.419 e. The molecule has 0 unspecified atom stereocenters. The highest BCUT2D eigenvalue weighted by Gasteiger charge is 2.35. The molecule has 1 aliphatic rings. The average Bonchev–Trinajstić information content (AvgIpc) is 3.13. The molecule has 1 aliphatic carbocycles. The zero-order valence-electron chi connectivity index (χ0n) is 10.7. The Labute approximate surface area is 122 Å². The minimum atomic E-state index is -4.72. The minimum Gasteiger partial charge on any atom is -0.308 e. The Bertz CT molecular complexity index is 649. The molecule has 1 aromatic carbocycles. The molecule has 0 saturated heterocycles. The van der Waals surface area contributed by atoms with Crippen LogP contribution in [0.25, 0.3) is 10.6 Å². The predicted molar refractivity (Wildman–Crippen MR) is 70.2 cm³/mol. The molecule has 112 valence electrons. The molecule has 0 atom stereocenters. The van der Waals surface area contributed by atoms with Gasteiger partial charge in [-0.25, -0.2) is 4.39 Å². The molecule has 1 N–H and O–H groups in total. The summed E-state index contributed by atoms with van der Waals surface area (Å²) in [7, 11) is 0. The summed E-state index contributed by atoms with van der Waals surface area (Å²) in [5.41, 5.74) is -1.45. The Morgan fingerprint density at radius 2 is 2.00 bits per heavy atom. The smallest absolute Gasteiger partial charge is 0.308 e. The van der Waals surface area contributed by atoms with Crippen molar-refractivity contribution in [1.82, 2.24) is 15.5 Å². The molecular formula is C13H11F4N3S. The molecule has 0 spiro atoms. The highest BCUT2D eigenvalue weighted by molar-refractivity contribution is 7.14. The van der Waals surface area contributed by atoms with Gasteiger partial charge in [0.05, 0.1) is 5.56 Å². The van der Waals surface area contributed by atoms with E-state index in [1.54, 1.807) is 0 Å². The van der Waals surface area contributed by atoms with E-state index in [0.717, 1.165) is 30.2 Å². The Balaban J connectivity index is 1.86. The second kappa shape index (κ2) is 5.34. The van der Waals surface area contributed by atoms with Gasteiger partial charge < -0.3 is 5.32 Å². The van der Waals surface area contributed by atoms with Gasteiger partial charge in [0, 0.05) is 18.2 Å². The number of alkyl halides is 3. The number of hydrogen-bond acceptors (Lipinski definition) is 4. The standard InChI is InChI=1S/C13H11F4N3S/c14-11-8(2-1-3-9(11)13(15,16)17)12-20-19-10(21-12)6-18-7-4-5-7/h1-3,7,18H,4-6H2. The molecule has 3 rings (SSSR count). The van der Waals surface area contributed by atoms with Crippen LogP contribution in [0, 0.1) is 5.82 Å². The van der Waals surface area contributed by atoms with Crippen molar-refractivity contribution in [1.29, 1.82) is 0 Å². The van der Waals surface area contributed by atoms with Gasteiger partial charge in [-0.2, -0.15) is 13.2 Å². The molecule has 1 fully saturated rings. The van der Waals surface area contributed by atoms with E-state index in [0.29, 0.717) is 17.6 Å². The lowest BCUT2D eigenvalue weighted by molar-refractivity contribution is -0.139. The molecule has 1 saturated carbocycles. The largest absolute Gasteiger partial charge is 0.419 e. The summed E-state index contributed by atoms with van der Waals surface area (Å²) >= 11 is 1.10. The van der Waals surface area contributed by atoms with Crippen molar-refractivity contribution in [3.63, 3.8) is 0 Å². The first-order valence-electron chi connectivity index (χ1n) is 6.37. The zero-order chi connectivity index (χ0) is 15.0. The van der Waals surface area contributed by atoms with Gasteiger partial charge in [0.25, 0.3) is 0 Å². The SMILES string of the molecule is Fc1c(-c2nnc(CNC3CC3)s2)cccc1C(F)(F)F. The van der Waals surface area contributed by atoms with Crippen molar-refractivity contribution in [3.8, 4) is 10.6 Å². The summed E-state index contributed by atoms with van der Waals surface area (Å²) in [5, 5.41) is 11.7. The summed E-state index contributed by atoms with van der Waals surface area (Å²) in [6.07, 6.45) is -2.48. The lowest BCUT2D eigenvalue weighted by atomic mass is 10.1. The van der Waals surface area contributed by atoms with E-state index in [1.807, 2.05) is 0 Å². The van der Waals surface area contributed by atoms with Crippen molar-refractivity contribution in [2.24, 2.45) is 0 Å². The fourth-order valence-electron chi connectivity index (χ4n) is 1.87. The monoisotopic (exact) mass is 317 g/mol. The molecule has 0 aliphatic heterocycles. The van der Waals surface area contributed by atoms with Crippen molar-refractivity contribution in [2.75, 3.05) is 0 Å². The van der Waals surface area contributed by atoms with Crippen LogP contribution in [0.1, 0.15) is 23.4 Å². The molecule has 0 amide bonds. The van der Waals surface area contributed by atoms with E-state index in [4.69, 9.17) is 0 Å². The van der Waals surface area contributed by atoms with Gasteiger partial charge in [-0.3, -0.25) is 0 Å². The third-order valence-corrected chi connectivity index (χ3v) is 4.08. The molecule has 0 bridgehead atoms. The summed E-state index contributed by atoms with van der Waals surface area (Å²) in [5.74, 6) is -1.30. The van der Waals surface area contributed by atoms with Gasteiger partial charge in [-0.05, 0) is 25.0 Å². The Kier molecular flexibility index (Phi) is 3.66. The van der Waals surface area contributed by atoms with Gasteiger partial charge in [0.2, 0.25) is 0 Å². The zero-order valence-corrected chi connectivity index (χ0v) is 11.6. The normalized spacial score (nSPS) is 15.4. The second-order valence-corrected chi connectivity index (χ2v) is 5.88. The first-order valence-corrected chi connectivity index (χ1v) is 7.18. The van der Waals surface area contributed by atoms with Crippen molar-refractivity contribution < 1.29 is 17.6 Å². The Morgan fingerprint density at radius 3 is 2.67 bits per heavy atom. The molecule has 2 aromatic rings. The third kappa shape index (κ3) is 3.21. The maximum atomic E-state index is 14.0. The van der Waals surface area contributed by atoms with Crippen LogP contribution in [0.3, 0.4) is 0 Å². The number of aromatic nitrogens is 2. The number of nitrogens with one attached hydrogen (secondary N) is 1. The summed E-state index contributed by atoms with van der Waals surface area (Å²) in [4.78, 5) is 0. The van der Waals surface area contributed by atoms with Crippen LogP contribution < -0.4 is 5.32 Å². The van der Waals surface area contributed by atoms with Gasteiger partial charge >= 0.3 is 6.18 Å². The molecule has 1 aromatic heterocycles. The van der Waals surface area contributed by atoms with E-state index in [2.05, 4.69) is 15.5 Å². The number of hydrogen-bond donors (Lipinski definition) is 1. The highest BCUT2D eigenvalue weighted by atomic mass is 32.1. The van der Waals surface area contributed by atoms with Gasteiger partial charge in [0.15, 0.2) is 5.01 Å². The Hall–Kier alpha value is -1.54. The average molecular weight is 317 g/mol. The second-order valence-electron chi connectivity index (χ2n) is 4.82. The lowest BCUT2D eigenvalue weighted by Gasteiger charge is -2.09. The molecule has 8 heteroatoms. The topological polar surface area (TPSA) is 37.8 Å². The van der Waals surface area contributed by atoms with Gasteiger partial charge in [0.1, 0.15) is 10.8 Å². The van der Waals surface area contributed by atoms with E-state index >= 15 is 0 Å². The highest BCUT2D eigenvalue weighted by Crippen LogP contribution is 2.36. The molecule has 21 heavy (non-hydrogen) atoms.